The van der Waals surface area contributed by atoms with Crippen molar-refractivity contribution in [3.05, 3.63) is 17.4 Å². The summed E-state index contributed by atoms with van der Waals surface area (Å²) >= 11 is 1.63. The highest BCUT2D eigenvalue weighted by atomic mass is 32.1. The minimum Gasteiger partial charge on any atom is -0.379 e. The second-order valence-electron chi connectivity index (χ2n) is 4.44. The number of hydrogen-bond acceptors (Lipinski definition) is 6. The first kappa shape index (κ1) is 12.0. The first-order chi connectivity index (χ1) is 8.88. The molecule has 0 amide bonds. The Kier molecular flexibility index (Phi) is 3.49. The van der Waals surface area contributed by atoms with Crippen molar-refractivity contribution in [2.45, 2.75) is 25.3 Å². The van der Waals surface area contributed by atoms with Crippen LogP contribution in [0.25, 0.3) is 10.5 Å². The van der Waals surface area contributed by atoms with E-state index in [9.17, 15) is 0 Å². The molecule has 2 aromatic heterocycles. The minimum atomic E-state index is 0.331. The Balaban J connectivity index is 1.84. The number of aromatic nitrogens is 3. The van der Waals surface area contributed by atoms with Crippen molar-refractivity contribution in [3.8, 4) is 0 Å². The van der Waals surface area contributed by atoms with Gasteiger partial charge in [0.15, 0.2) is 10.5 Å². The van der Waals surface area contributed by atoms with Crippen LogP contribution in [0.3, 0.4) is 0 Å². The Hall–Kier alpha value is -1.11. The third-order valence-corrected chi connectivity index (χ3v) is 4.20. The smallest absolute Gasteiger partial charge is 0.189 e. The van der Waals surface area contributed by atoms with E-state index >= 15 is 0 Å². The fourth-order valence-electron chi connectivity index (χ4n) is 2.18. The third-order valence-electron chi connectivity index (χ3n) is 3.12. The molecule has 1 fully saturated rings. The lowest BCUT2D eigenvalue weighted by Gasteiger charge is -2.16. The van der Waals surface area contributed by atoms with Crippen LogP contribution in [0.4, 0.5) is 0 Å². The van der Waals surface area contributed by atoms with E-state index in [1.807, 2.05) is 0 Å². The maximum Gasteiger partial charge on any atom is 0.189 e. The monoisotopic (exact) mass is 264 g/mol. The van der Waals surface area contributed by atoms with Gasteiger partial charge in [0.1, 0.15) is 5.01 Å². The van der Waals surface area contributed by atoms with E-state index in [0.29, 0.717) is 12.0 Å². The van der Waals surface area contributed by atoms with Gasteiger partial charge >= 0.3 is 0 Å². The van der Waals surface area contributed by atoms with Crippen molar-refractivity contribution in [2.24, 2.45) is 0 Å². The van der Waals surface area contributed by atoms with Crippen molar-refractivity contribution in [2.75, 3.05) is 19.8 Å². The standard InChI is InChI=1S/C12H16N4OS/c1-2-3-13-9-7-17-6-8(9)11-16-10-12(18-11)15-5-4-14-10/h4-5,8-9,13H,2-3,6-7H2,1H3. The van der Waals surface area contributed by atoms with E-state index in [2.05, 4.69) is 27.2 Å². The molecule has 18 heavy (non-hydrogen) atoms. The SMILES string of the molecule is CCCNC1COCC1c1nc2nccnc2s1. The van der Waals surface area contributed by atoms with Crippen LogP contribution in [0.5, 0.6) is 0 Å². The van der Waals surface area contributed by atoms with E-state index in [4.69, 9.17) is 4.74 Å². The summed E-state index contributed by atoms with van der Waals surface area (Å²) < 4.78 is 5.58. The van der Waals surface area contributed by atoms with Crippen LogP contribution in [0, 0.1) is 0 Å². The third kappa shape index (κ3) is 2.23. The summed E-state index contributed by atoms with van der Waals surface area (Å²) in [5.74, 6) is 0.331. The number of hydrogen-bond donors (Lipinski definition) is 1. The maximum absolute atomic E-state index is 5.58. The molecule has 2 atom stereocenters. The van der Waals surface area contributed by atoms with Gasteiger partial charge < -0.3 is 10.1 Å². The molecule has 0 aromatic carbocycles. The number of nitrogens with zero attached hydrogens (tertiary/aromatic N) is 3. The van der Waals surface area contributed by atoms with Crippen molar-refractivity contribution in [3.63, 3.8) is 0 Å². The minimum absolute atomic E-state index is 0.331. The molecule has 0 radical (unpaired) electrons. The van der Waals surface area contributed by atoms with Crippen LogP contribution < -0.4 is 5.32 Å². The van der Waals surface area contributed by atoms with Gasteiger partial charge in [-0.25, -0.2) is 15.0 Å². The zero-order chi connectivity index (χ0) is 12.4. The van der Waals surface area contributed by atoms with Gasteiger partial charge in [0, 0.05) is 18.4 Å². The highest BCUT2D eigenvalue weighted by Gasteiger charge is 2.31. The summed E-state index contributed by atoms with van der Waals surface area (Å²) in [6.07, 6.45) is 4.53. The van der Waals surface area contributed by atoms with Gasteiger partial charge in [-0.3, -0.25) is 0 Å². The van der Waals surface area contributed by atoms with E-state index in [1.54, 1.807) is 23.7 Å². The Labute approximate surface area is 110 Å². The van der Waals surface area contributed by atoms with E-state index in [-0.39, 0.29) is 0 Å². The summed E-state index contributed by atoms with van der Waals surface area (Å²) in [6, 6.07) is 0.366. The molecular weight excluding hydrogens is 248 g/mol. The van der Waals surface area contributed by atoms with Crippen molar-refractivity contribution < 1.29 is 4.74 Å². The fraction of sp³-hybridized carbons (Fsp3) is 0.583. The van der Waals surface area contributed by atoms with Crippen molar-refractivity contribution in [1.82, 2.24) is 20.3 Å². The van der Waals surface area contributed by atoms with Gasteiger partial charge in [-0.2, -0.15) is 0 Å². The number of ether oxygens (including phenoxy) is 1. The highest BCUT2D eigenvalue weighted by molar-refractivity contribution is 7.18. The van der Waals surface area contributed by atoms with E-state index < -0.39 is 0 Å². The molecule has 1 aliphatic rings. The topological polar surface area (TPSA) is 59.9 Å². The molecule has 2 aromatic rings. The van der Waals surface area contributed by atoms with Gasteiger partial charge in [-0.15, -0.1) is 0 Å². The molecule has 96 valence electrons. The summed E-state index contributed by atoms with van der Waals surface area (Å²) in [5, 5.41) is 4.61. The lowest BCUT2D eigenvalue weighted by atomic mass is 10.0. The molecule has 5 nitrogen and oxygen atoms in total. The molecule has 0 bridgehead atoms. The van der Waals surface area contributed by atoms with Gasteiger partial charge in [-0.1, -0.05) is 18.3 Å². The van der Waals surface area contributed by atoms with Crippen LogP contribution >= 0.6 is 11.3 Å². The zero-order valence-corrected chi connectivity index (χ0v) is 11.1. The summed E-state index contributed by atoms with van der Waals surface area (Å²) in [6.45, 7) is 4.69. The number of rotatable bonds is 4. The lowest BCUT2D eigenvalue weighted by Crippen LogP contribution is -2.34. The summed E-state index contributed by atoms with van der Waals surface area (Å²) in [7, 11) is 0. The molecule has 1 N–H and O–H groups in total. The molecule has 0 spiro atoms. The van der Waals surface area contributed by atoms with Crippen molar-refractivity contribution >= 4 is 21.8 Å². The molecule has 1 aliphatic heterocycles. The molecule has 1 saturated heterocycles. The molecular formula is C12H16N4OS. The summed E-state index contributed by atoms with van der Waals surface area (Å²) in [4.78, 5) is 14.0. The first-order valence-corrected chi connectivity index (χ1v) is 7.08. The zero-order valence-electron chi connectivity index (χ0n) is 10.3. The fourth-order valence-corrected chi connectivity index (χ4v) is 3.20. The van der Waals surface area contributed by atoms with Gasteiger partial charge in [-0.05, 0) is 13.0 Å². The molecule has 0 saturated carbocycles. The second-order valence-corrected chi connectivity index (χ2v) is 5.45. The Morgan fingerprint density at radius 3 is 3.11 bits per heavy atom. The largest absolute Gasteiger partial charge is 0.379 e. The van der Waals surface area contributed by atoms with Gasteiger partial charge in [0.05, 0.1) is 19.1 Å². The maximum atomic E-state index is 5.58. The molecule has 3 rings (SSSR count). The van der Waals surface area contributed by atoms with Crippen LogP contribution in [0.2, 0.25) is 0 Å². The van der Waals surface area contributed by atoms with E-state index in [0.717, 1.165) is 41.7 Å². The number of fused-ring (bicyclic) bond motifs is 1. The Morgan fingerprint density at radius 2 is 2.28 bits per heavy atom. The number of thiazole rings is 1. The molecule has 3 heterocycles. The molecule has 0 aliphatic carbocycles. The van der Waals surface area contributed by atoms with E-state index in [1.165, 1.54) is 0 Å². The molecule has 6 heteroatoms. The lowest BCUT2D eigenvalue weighted by molar-refractivity contribution is 0.187. The average molecular weight is 264 g/mol. The van der Waals surface area contributed by atoms with Crippen LogP contribution in [0.15, 0.2) is 12.4 Å². The summed E-state index contributed by atoms with van der Waals surface area (Å²) in [5.41, 5.74) is 0.749. The van der Waals surface area contributed by atoms with Crippen molar-refractivity contribution in [1.29, 1.82) is 0 Å². The van der Waals surface area contributed by atoms with Crippen LogP contribution in [0.1, 0.15) is 24.3 Å². The predicted molar refractivity (Wildman–Crippen MR) is 70.9 cm³/mol. The Bertz CT molecular complexity index is 497. The highest BCUT2D eigenvalue weighted by Crippen LogP contribution is 2.30. The van der Waals surface area contributed by atoms with Crippen LogP contribution in [-0.2, 0) is 4.74 Å². The number of nitrogens with one attached hydrogen (secondary N) is 1. The normalized spacial score (nSPS) is 23.8. The van der Waals surface area contributed by atoms with Gasteiger partial charge in [0.2, 0.25) is 0 Å². The quantitative estimate of drug-likeness (QED) is 0.908. The molecule has 2 unspecified atom stereocenters. The Morgan fingerprint density at radius 1 is 1.39 bits per heavy atom. The predicted octanol–water partition coefficient (Wildman–Crippen LogP) is 1.57. The van der Waals surface area contributed by atoms with Crippen LogP contribution in [-0.4, -0.2) is 40.8 Å². The average Bonchev–Trinajstić information content (AvgIpc) is 3.01. The van der Waals surface area contributed by atoms with Gasteiger partial charge in [0.25, 0.3) is 0 Å². The second kappa shape index (κ2) is 5.26. The first-order valence-electron chi connectivity index (χ1n) is 6.27.